The molecule has 1 aromatic heterocycles. The van der Waals surface area contributed by atoms with E-state index in [1.165, 1.54) is 6.07 Å². The zero-order chi connectivity index (χ0) is 17.2. The van der Waals surface area contributed by atoms with Gasteiger partial charge in [-0.05, 0) is 26.8 Å². The molecule has 1 aliphatic heterocycles. The van der Waals surface area contributed by atoms with E-state index in [2.05, 4.69) is 0 Å². The number of pyridine rings is 1. The molecule has 0 spiro atoms. The molecule has 0 bridgehead atoms. The number of carbonyl (C=O) groups is 2. The van der Waals surface area contributed by atoms with Crippen molar-refractivity contribution in [2.45, 2.75) is 33.3 Å². The Hall–Kier alpha value is -2.31. The van der Waals surface area contributed by atoms with Crippen LogP contribution in [0.4, 0.5) is 4.79 Å². The van der Waals surface area contributed by atoms with Crippen LogP contribution < -0.4 is 4.73 Å². The van der Waals surface area contributed by atoms with Crippen molar-refractivity contribution in [3.05, 3.63) is 34.8 Å². The minimum Gasteiger partial charge on any atom is -0.618 e. The van der Waals surface area contributed by atoms with Gasteiger partial charge in [-0.3, -0.25) is 4.79 Å². The third-order valence-electron chi connectivity index (χ3n) is 3.57. The molecular weight excluding hydrogens is 298 g/mol. The Kier molecular flexibility index (Phi) is 4.77. The lowest BCUT2D eigenvalue weighted by Gasteiger charge is -2.35. The summed E-state index contributed by atoms with van der Waals surface area (Å²) in [6, 6.07) is 4.86. The molecule has 0 aromatic carbocycles. The minimum atomic E-state index is -0.542. The predicted molar refractivity (Wildman–Crippen MR) is 83.8 cm³/mol. The number of amides is 2. The van der Waals surface area contributed by atoms with E-state index in [1.54, 1.807) is 28.9 Å². The number of ether oxygens (including phenoxy) is 1. The van der Waals surface area contributed by atoms with Gasteiger partial charge in [0, 0.05) is 45.2 Å². The summed E-state index contributed by atoms with van der Waals surface area (Å²) in [5.74, 6) is -0.312. The molecule has 0 N–H and O–H groups in total. The lowest BCUT2D eigenvalue weighted by molar-refractivity contribution is -0.614. The molecule has 23 heavy (non-hydrogen) atoms. The number of hydrogen-bond acceptors (Lipinski definition) is 4. The second-order valence-corrected chi connectivity index (χ2v) is 6.61. The van der Waals surface area contributed by atoms with Crippen molar-refractivity contribution in [1.29, 1.82) is 0 Å². The van der Waals surface area contributed by atoms with Gasteiger partial charge in [0.25, 0.3) is 5.69 Å². The SMILES string of the molecule is Cc1cccc(C(=O)N2CCN(C(=O)OC(C)(C)C)CC2)[n+]1[O-]. The van der Waals surface area contributed by atoms with Crippen LogP contribution in [0.25, 0.3) is 0 Å². The van der Waals surface area contributed by atoms with Gasteiger partial charge in [-0.25, -0.2) is 4.79 Å². The first kappa shape index (κ1) is 17.1. The van der Waals surface area contributed by atoms with Gasteiger partial charge < -0.3 is 19.7 Å². The highest BCUT2D eigenvalue weighted by Crippen LogP contribution is 2.13. The van der Waals surface area contributed by atoms with Crippen LogP contribution in [0.5, 0.6) is 0 Å². The molecule has 7 heteroatoms. The van der Waals surface area contributed by atoms with E-state index in [0.717, 1.165) is 0 Å². The molecule has 0 atom stereocenters. The summed E-state index contributed by atoms with van der Waals surface area (Å²) in [6.07, 6.45) is -0.376. The highest BCUT2D eigenvalue weighted by molar-refractivity contribution is 5.91. The maximum atomic E-state index is 12.4. The Labute approximate surface area is 136 Å². The summed E-state index contributed by atoms with van der Waals surface area (Å²) in [6.45, 7) is 8.65. The summed E-state index contributed by atoms with van der Waals surface area (Å²) in [5, 5.41) is 12.0. The molecule has 1 aromatic rings. The second-order valence-electron chi connectivity index (χ2n) is 6.61. The van der Waals surface area contributed by atoms with E-state index in [0.29, 0.717) is 36.6 Å². The fraction of sp³-hybridized carbons (Fsp3) is 0.562. The molecule has 1 aliphatic rings. The summed E-state index contributed by atoms with van der Waals surface area (Å²) >= 11 is 0. The lowest BCUT2D eigenvalue weighted by atomic mass is 10.2. The Bertz CT molecular complexity index is 602. The molecule has 0 unspecified atom stereocenters. The minimum absolute atomic E-state index is 0.107. The monoisotopic (exact) mass is 321 g/mol. The van der Waals surface area contributed by atoms with Crippen molar-refractivity contribution < 1.29 is 19.1 Å². The number of aryl methyl sites for hydroxylation is 1. The first-order chi connectivity index (χ1) is 10.7. The standard InChI is InChI=1S/C16H23N3O4/c1-12-6-5-7-13(19(12)22)14(20)17-8-10-18(11-9-17)15(21)23-16(2,3)4/h5-7H,8-11H2,1-4H3. The van der Waals surface area contributed by atoms with Crippen molar-refractivity contribution in [3.63, 3.8) is 0 Å². The van der Waals surface area contributed by atoms with E-state index in [4.69, 9.17) is 4.74 Å². The Morgan fingerprint density at radius 3 is 2.26 bits per heavy atom. The maximum Gasteiger partial charge on any atom is 0.410 e. The summed E-state index contributed by atoms with van der Waals surface area (Å²) in [7, 11) is 0. The molecule has 0 radical (unpaired) electrons. The van der Waals surface area contributed by atoms with Gasteiger partial charge in [0.05, 0.1) is 0 Å². The van der Waals surface area contributed by atoms with E-state index in [1.807, 2.05) is 20.8 Å². The number of carbonyl (C=O) groups excluding carboxylic acids is 2. The van der Waals surface area contributed by atoms with Crippen LogP contribution in [0.2, 0.25) is 0 Å². The summed E-state index contributed by atoms with van der Waals surface area (Å²) < 4.78 is 5.96. The number of nitrogens with zero attached hydrogens (tertiary/aromatic N) is 3. The summed E-state index contributed by atoms with van der Waals surface area (Å²) in [5.41, 5.74) is 0.0404. The predicted octanol–water partition coefficient (Wildman–Crippen LogP) is 1.32. The molecule has 2 heterocycles. The van der Waals surface area contributed by atoms with Crippen LogP contribution in [0.15, 0.2) is 18.2 Å². The normalized spacial score (nSPS) is 15.5. The molecule has 1 saturated heterocycles. The van der Waals surface area contributed by atoms with Crippen LogP contribution in [0, 0.1) is 12.1 Å². The zero-order valence-corrected chi connectivity index (χ0v) is 14.0. The molecule has 2 rings (SSSR count). The highest BCUT2D eigenvalue weighted by Gasteiger charge is 2.30. The van der Waals surface area contributed by atoms with Gasteiger partial charge in [-0.15, -0.1) is 0 Å². The molecule has 0 saturated carbocycles. The average molecular weight is 321 g/mol. The quantitative estimate of drug-likeness (QED) is 0.577. The topological polar surface area (TPSA) is 76.8 Å². The third kappa shape index (κ3) is 4.12. The molecule has 7 nitrogen and oxygen atoms in total. The smallest absolute Gasteiger partial charge is 0.410 e. The van der Waals surface area contributed by atoms with E-state index in [-0.39, 0.29) is 17.7 Å². The first-order valence-corrected chi connectivity index (χ1v) is 7.65. The van der Waals surface area contributed by atoms with Crippen molar-refractivity contribution >= 4 is 12.0 Å². The molecule has 126 valence electrons. The second kappa shape index (κ2) is 6.44. The van der Waals surface area contributed by atoms with Crippen molar-refractivity contribution in [2.24, 2.45) is 0 Å². The first-order valence-electron chi connectivity index (χ1n) is 7.65. The van der Waals surface area contributed by atoms with Crippen LogP contribution in [0.1, 0.15) is 37.0 Å². The van der Waals surface area contributed by atoms with Crippen LogP contribution >= 0.6 is 0 Å². The van der Waals surface area contributed by atoms with Gasteiger partial charge >= 0.3 is 12.0 Å². The maximum absolute atomic E-state index is 12.4. The van der Waals surface area contributed by atoms with Gasteiger partial charge in [-0.1, -0.05) is 0 Å². The van der Waals surface area contributed by atoms with Gasteiger partial charge in [0.1, 0.15) is 5.60 Å². The van der Waals surface area contributed by atoms with Crippen LogP contribution in [-0.4, -0.2) is 53.6 Å². The zero-order valence-electron chi connectivity index (χ0n) is 14.0. The van der Waals surface area contributed by atoms with Crippen molar-refractivity contribution in [2.75, 3.05) is 26.2 Å². The Morgan fingerprint density at radius 2 is 1.70 bits per heavy atom. The van der Waals surface area contributed by atoms with Crippen molar-refractivity contribution in [1.82, 2.24) is 9.80 Å². The number of aromatic nitrogens is 1. The van der Waals surface area contributed by atoms with E-state index >= 15 is 0 Å². The van der Waals surface area contributed by atoms with Crippen LogP contribution in [-0.2, 0) is 4.74 Å². The Balaban J connectivity index is 1.98. The van der Waals surface area contributed by atoms with E-state index < -0.39 is 5.60 Å². The molecular formula is C16H23N3O4. The average Bonchev–Trinajstić information content (AvgIpc) is 2.48. The van der Waals surface area contributed by atoms with Gasteiger partial charge in [-0.2, -0.15) is 4.73 Å². The van der Waals surface area contributed by atoms with Gasteiger partial charge in [0.2, 0.25) is 0 Å². The van der Waals surface area contributed by atoms with E-state index in [9.17, 15) is 14.8 Å². The Morgan fingerprint density at radius 1 is 1.13 bits per heavy atom. The fourth-order valence-electron chi connectivity index (χ4n) is 2.34. The molecule has 1 fully saturated rings. The van der Waals surface area contributed by atoms with Gasteiger partial charge in [0.15, 0.2) is 5.69 Å². The lowest BCUT2D eigenvalue weighted by Crippen LogP contribution is -2.53. The third-order valence-corrected chi connectivity index (χ3v) is 3.57. The van der Waals surface area contributed by atoms with Crippen LogP contribution in [0.3, 0.4) is 0 Å². The molecule has 2 amide bonds. The fourth-order valence-corrected chi connectivity index (χ4v) is 2.34. The summed E-state index contributed by atoms with van der Waals surface area (Å²) in [4.78, 5) is 27.6. The molecule has 0 aliphatic carbocycles. The largest absolute Gasteiger partial charge is 0.618 e. The number of rotatable bonds is 1. The number of piperazine rings is 1. The van der Waals surface area contributed by atoms with Crippen molar-refractivity contribution in [3.8, 4) is 0 Å². The number of hydrogen-bond donors (Lipinski definition) is 0. The highest BCUT2D eigenvalue weighted by atomic mass is 16.6.